The summed E-state index contributed by atoms with van der Waals surface area (Å²) in [5, 5.41) is 12.1. The van der Waals surface area contributed by atoms with Crippen LogP contribution in [0.1, 0.15) is 31.3 Å². The normalized spacial score (nSPS) is 12.2. The molecule has 0 N–H and O–H groups in total. The molecule has 1 atom stereocenters. The monoisotopic (exact) mass is 407 g/mol. The van der Waals surface area contributed by atoms with Gasteiger partial charge in [-0.25, -0.2) is 4.39 Å². The summed E-state index contributed by atoms with van der Waals surface area (Å²) in [6.45, 7) is 4.75. The minimum absolute atomic E-state index is 0.283. The Balaban J connectivity index is 1.51. The fourth-order valence-corrected chi connectivity index (χ4v) is 4.35. The molecule has 0 aliphatic carbocycles. The van der Waals surface area contributed by atoms with E-state index in [9.17, 15) is 4.39 Å². The molecule has 0 spiro atoms. The lowest BCUT2D eigenvalue weighted by molar-refractivity contribution is 0.209. The third-order valence-corrected chi connectivity index (χ3v) is 5.80. The summed E-state index contributed by atoms with van der Waals surface area (Å²) in [4.78, 5) is 0. The van der Waals surface area contributed by atoms with E-state index < -0.39 is 0 Å². The maximum absolute atomic E-state index is 13.1. The molecular formula is C23H22FN3OS. The van der Waals surface area contributed by atoms with E-state index in [1.165, 1.54) is 28.5 Å². The molecule has 0 aliphatic rings. The van der Waals surface area contributed by atoms with Crippen molar-refractivity contribution in [1.82, 2.24) is 14.8 Å². The molecule has 1 aromatic heterocycles. The Hall–Kier alpha value is -2.86. The van der Waals surface area contributed by atoms with Crippen molar-refractivity contribution in [3.8, 4) is 5.75 Å². The Bertz CT molecular complexity index is 1110. The topological polar surface area (TPSA) is 39.9 Å². The number of halogens is 1. The van der Waals surface area contributed by atoms with Crippen LogP contribution in [0, 0.1) is 5.82 Å². The van der Waals surface area contributed by atoms with E-state index in [1.807, 2.05) is 6.92 Å². The standard InChI is InChI=1S/C23H22FN3OS/c1-3-27-22(16(2)28-20-13-11-19(24)12-14-20)25-26-23(27)29-15-18-9-6-8-17-7-4-5-10-21(17)18/h4-14,16H,3,15H2,1-2H3. The van der Waals surface area contributed by atoms with Crippen molar-refractivity contribution in [2.45, 2.75) is 37.4 Å². The summed E-state index contributed by atoms with van der Waals surface area (Å²) < 4.78 is 21.1. The Morgan fingerprint density at radius 1 is 1.00 bits per heavy atom. The van der Waals surface area contributed by atoms with Crippen molar-refractivity contribution in [3.63, 3.8) is 0 Å². The number of aromatic nitrogens is 3. The van der Waals surface area contributed by atoms with Gasteiger partial charge in [-0.15, -0.1) is 10.2 Å². The first-order valence-electron chi connectivity index (χ1n) is 9.60. The van der Waals surface area contributed by atoms with Crippen LogP contribution in [0.2, 0.25) is 0 Å². The number of rotatable bonds is 7. The van der Waals surface area contributed by atoms with E-state index >= 15 is 0 Å². The predicted octanol–water partition coefficient (Wildman–Crippen LogP) is 6.02. The van der Waals surface area contributed by atoms with E-state index in [0.29, 0.717) is 5.75 Å². The Morgan fingerprint density at radius 3 is 2.55 bits per heavy atom. The molecule has 0 aliphatic heterocycles. The quantitative estimate of drug-likeness (QED) is 0.351. The van der Waals surface area contributed by atoms with Crippen LogP contribution < -0.4 is 4.74 Å². The van der Waals surface area contributed by atoms with E-state index in [4.69, 9.17) is 4.74 Å². The van der Waals surface area contributed by atoms with Gasteiger partial charge in [-0.1, -0.05) is 54.2 Å². The second-order valence-corrected chi connectivity index (χ2v) is 7.67. The van der Waals surface area contributed by atoms with Gasteiger partial charge in [0, 0.05) is 12.3 Å². The van der Waals surface area contributed by atoms with Gasteiger partial charge >= 0.3 is 0 Å². The van der Waals surface area contributed by atoms with Gasteiger partial charge in [0.1, 0.15) is 11.6 Å². The van der Waals surface area contributed by atoms with Gasteiger partial charge < -0.3 is 9.30 Å². The summed E-state index contributed by atoms with van der Waals surface area (Å²) in [6.07, 6.45) is -0.292. The van der Waals surface area contributed by atoms with Crippen molar-refractivity contribution in [3.05, 3.63) is 83.9 Å². The largest absolute Gasteiger partial charge is 0.483 e. The Morgan fingerprint density at radius 2 is 1.76 bits per heavy atom. The molecule has 148 valence electrons. The van der Waals surface area contributed by atoms with E-state index in [0.717, 1.165) is 23.3 Å². The molecule has 0 bridgehead atoms. The third-order valence-electron chi connectivity index (χ3n) is 4.79. The molecule has 3 aromatic carbocycles. The maximum Gasteiger partial charge on any atom is 0.191 e. The van der Waals surface area contributed by atoms with Gasteiger partial charge in [0.2, 0.25) is 0 Å². The van der Waals surface area contributed by atoms with Crippen molar-refractivity contribution in [1.29, 1.82) is 0 Å². The molecule has 0 fully saturated rings. The first-order valence-corrected chi connectivity index (χ1v) is 10.6. The van der Waals surface area contributed by atoms with Crippen molar-refractivity contribution in [2.75, 3.05) is 0 Å². The van der Waals surface area contributed by atoms with Crippen LogP contribution in [-0.4, -0.2) is 14.8 Å². The summed E-state index contributed by atoms with van der Waals surface area (Å²) in [5.74, 6) is 1.90. The highest BCUT2D eigenvalue weighted by Gasteiger charge is 2.19. The van der Waals surface area contributed by atoms with Crippen molar-refractivity contribution in [2.24, 2.45) is 0 Å². The first kappa shape index (κ1) is 19.5. The lowest BCUT2D eigenvalue weighted by Gasteiger charge is -2.15. The molecule has 4 nitrogen and oxygen atoms in total. The van der Waals surface area contributed by atoms with Gasteiger partial charge in [-0.05, 0) is 54.4 Å². The van der Waals surface area contributed by atoms with Crippen molar-refractivity contribution >= 4 is 22.5 Å². The van der Waals surface area contributed by atoms with E-state index in [-0.39, 0.29) is 11.9 Å². The van der Waals surface area contributed by atoms with E-state index in [2.05, 4.69) is 64.2 Å². The Labute approximate surface area is 173 Å². The fraction of sp³-hybridized carbons (Fsp3) is 0.217. The third kappa shape index (κ3) is 4.27. The van der Waals surface area contributed by atoms with Crippen LogP contribution in [0.3, 0.4) is 0 Å². The van der Waals surface area contributed by atoms with Gasteiger partial charge in [0.25, 0.3) is 0 Å². The summed E-state index contributed by atoms with van der Waals surface area (Å²) in [5.41, 5.74) is 1.27. The minimum atomic E-state index is -0.292. The zero-order valence-electron chi connectivity index (χ0n) is 16.4. The van der Waals surface area contributed by atoms with Gasteiger partial charge in [-0.3, -0.25) is 0 Å². The Kier molecular flexibility index (Phi) is 5.81. The maximum atomic E-state index is 13.1. The van der Waals surface area contributed by atoms with Crippen LogP contribution in [-0.2, 0) is 12.3 Å². The average Bonchev–Trinajstić information content (AvgIpc) is 3.17. The fourth-order valence-electron chi connectivity index (χ4n) is 3.34. The lowest BCUT2D eigenvalue weighted by Crippen LogP contribution is -2.12. The number of benzene rings is 3. The second-order valence-electron chi connectivity index (χ2n) is 6.73. The lowest BCUT2D eigenvalue weighted by atomic mass is 10.1. The molecule has 0 saturated carbocycles. The molecule has 0 saturated heterocycles. The van der Waals surface area contributed by atoms with Gasteiger partial charge in [-0.2, -0.15) is 0 Å². The molecule has 0 radical (unpaired) electrons. The minimum Gasteiger partial charge on any atom is -0.483 e. The first-order chi connectivity index (χ1) is 14.2. The van der Waals surface area contributed by atoms with Gasteiger partial charge in [0.05, 0.1) is 0 Å². The highest BCUT2D eigenvalue weighted by Crippen LogP contribution is 2.29. The van der Waals surface area contributed by atoms with Crippen molar-refractivity contribution < 1.29 is 9.13 Å². The molecule has 0 amide bonds. The summed E-state index contributed by atoms with van der Waals surface area (Å²) in [7, 11) is 0. The molecule has 1 unspecified atom stereocenters. The molecule has 4 aromatic rings. The zero-order valence-corrected chi connectivity index (χ0v) is 17.2. The highest BCUT2D eigenvalue weighted by atomic mass is 32.2. The van der Waals surface area contributed by atoms with Crippen LogP contribution in [0.5, 0.6) is 5.75 Å². The summed E-state index contributed by atoms with van der Waals surface area (Å²) >= 11 is 1.67. The van der Waals surface area contributed by atoms with Crippen LogP contribution in [0.4, 0.5) is 4.39 Å². The van der Waals surface area contributed by atoms with E-state index in [1.54, 1.807) is 23.9 Å². The smallest absolute Gasteiger partial charge is 0.191 e. The number of hydrogen-bond donors (Lipinski definition) is 0. The molecular weight excluding hydrogens is 385 g/mol. The van der Waals surface area contributed by atoms with Gasteiger partial charge in [0.15, 0.2) is 17.1 Å². The molecule has 1 heterocycles. The average molecular weight is 408 g/mol. The second kappa shape index (κ2) is 8.66. The van der Waals surface area contributed by atoms with Crippen LogP contribution >= 0.6 is 11.8 Å². The molecule has 6 heteroatoms. The SMILES string of the molecule is CCn1c(SCc2cccc3ccccc23)nnc1C(C)Oc1ccc(F)cc1. The molecule has 4 rings (SSSR count). The number of fused-ring (bicyclic) bond motifs is 1. The zero-order chi connectivity index (χ0) is 20.2. The predicted molar refractivity (Wildman–Crippen MR) is 115 cm³/mol. The summed E-state index contributed by atoms with van der Waals surface area (Å²) in [6, 6.07) is 20.8. The highest BCUT2D eigenvalue weighted by molar-refractivity contribution is 7.98. The van der Waals surface area contributed by atoms with Crippen LogP contribution in [0.25, 0.3) is 10.8 Å². The molecule has 29 heavy (non-hydrogen) atoms. The number of nitrogens with zero attached hydrogens (tertiary/aromatic N) is 3. The number of hydrogen-bond acceptors (Lipinski definition) is 4. The number of ether oxygens (including phenoxy) is 1. The number of thioether (sulfide) groups is 1. The van der Waals surface area contributed by atoms with Crippen LogP contribution in [0.15, 0.2) is 71.9 Å².